The van der Waals surface area contributed by atoms with Crippen LogP contribution in [0.25, 0.3) is 10.9 Å². The van der Waals surface area contributed by atoms with Crippen LogP contribution in [0.1, 0.15) is 56.0 Å². The molecule has 0 saturated carbocycles. The summed E-state index contributed by atoms with van der Waals surface area (Å²) in [5.74, 6) is 0.572. The van der Waals surface area contributed by atoms with Crippen LogP contribution in [0.4, 0.5) is 0 Å². The molecule has 0 N–H and O–H groups in total. The van der Waals surface area contributed by atoms with Gasteiger partial charge in [-0.1, -0.05) is 50.6 Å². The highest BCUT2D eigenvalue weighted by Crippen LogP contribution is 2.33. The van der Waals surface area contributed by atoms with E-state index < -0.39 is 5.97 Å². The molecule has 0 fully saturated rings. The van der Waals surface area contributed by atoms with Crippen LogP contribution in [0.3, 0.4) is 0 Å². The smallest absolute Gasteiger partial charge is 0.341 e. The number of halogens is 1. The van der Waals surface area contributed by atoms with Gasteiger partial charge in [0.2, 0.25) is 0 Å². The topological polar surface area (TPSA) is 39.2 Å². The van der Waals surface area contributed by atoms with Gasteiger partial charge in [0.15, 0.2) is 0 Å². The number of pyridine rings is 1. The van der Waals surface area contributed by atoms with Crippen LogP contribution in [0.15, 0.2) is 24.4 Å². The molecule has 22 heavy (non-hydrogen) atoms. The standard InChI is InChI=1S/C18H22ClNO2/c1-5-22-18(21)15-10-20-17-13(12(4)9-11(2)3)7-6-8-14(17)16(15)19/h6-8,10-12H,5,9H2,1-4H3. The van der Waals surface area contributed by atoms with Crippen molar-refractivity contribution in [3.63, 3.8) is 0 Å². The molecule has 1 aromatic carbocycles. The molecule has 0 amide bonds. The molecule has 0 bridgehead atoms. The highest BCUT2D eigenvalue weighted by molar-refractivity contribution is 6.38. The molecule has 118 valence electrons. The molecule has 0 saturated heterocycles. The summed E-state index contributed by atoms with van der Waals surface area (Å²) in [4.78, 5) is 16.4. The van der Waals surface area contributed by atoms with E-state index in [0.29, 0.717) is 29.0 Å². The van der Waals surface area contributed by atoms with E-state index in [4.69, 9.17) is 16.3 Å². The van der Waals surface area contributed by atoms with E-state index in [0.717, 1.165) is 17.3 Å². The molecule has 1 aromatic heterocycles. The second kappa shape index (κ2) is 7.10. The first kappa shape index (κ1) is 16.8. The minimum atomic E-state index is -0.428. The van der Waals surface area contributed by atoms with E-state index in [-0.39, 0.29) is 0 Å². The number of esters is 1. The normalized spacial score (nSPS) is 12.6. The fourth-order valence-corrected chi connectivity index (χ4v) is 3.07. The first-order valence-corrected chi connectivity index (χ1v) is 8.07. The number of carbonyl (C=O) groups is 1. The Hall–Kier alpha value is -1.61. The van der Waals surface area contributed by atoms with Gasteiger partial charge in [0, 0.05) is 11.6 Å². The third kappa shape index (κ3) is 3.41. The number of carbonyl (C=O) groups excluding carboxylic acids is 1. The minimum absolute atomic E-state index is 0.318. The van der Waals surface area contributed by atoms with E-state index >= 15 is 0 Å². The third-order valence-corrected chi connectivity index (χ3v) is 4.12. The van der Waals surface area contributed by atoms with E-state index in [9.17, 15) is 4.79 Å². The van der Waals surface area contributed by atoms with Crippen molar-refractivity contribution in [2.24, 2.45) is 5.92 Å². The summed E-state index contributed by atoms with van der Waals surface area (Å²) in [7, 11) is 0. The summed E-state index contributed by atoms with van der Waals surface area (Å²) in [6, 6.07) is 5.96. The highest BCUT2D eigenvalue weighted by Gasteiger charge is 2.18. The van der Waals surface area contributed by atoms with E-state index in [1.807, 2.05) is 12.1 Å². The van der Waals surface area contributed by atoms with Crippen molar-refractivity contribution in [1.82, 2.24) is 4.98 Å². The molecule has 1 unspecified atom stereocenters. The van der Waals surface area contributed by atoms with E-state index in [1.54, 1.807) is 6.92 Å². The number of nitrogens with zero attached hydrogens (tertiary/aromatic N) is 1. The van der Waals surface area contributed by atoms with Crippen LogP contribution in [0.2, 0.25) is 5.02 Å². The van der Waals surface area contributed by atoms with Gasteiger partial charge in [-0.25, -0.2) is 4.79 Å². The average molecular weight is 320 g/mol. The average Bonchev–Trinajstić information content (AvgIpc) is 2.46. The zero-order valence-electron chi connectivity index (χ0n) is 13.5. The van der Waals surface area contributed by atoms with Gasteiger partial charge in [-0.15, -0.1) is 0 Å². The number of para-hydroxylation sites is 1. The second-order valence-corrected chi connectivity index (χ2v) is 6.36. The minimum Gasteiger partial charge on any atom is -0.462 e. The molecule has 0 radical (unpaired) electrons. The molecule has 0 aliphatic heterocycles. The number of fused-ring (bicyclic) bond motifs is 1. The summed E-state index contributed by atoms with van der Waals surface area (Å²) in [5.41, 5.74) is 2.36. The summed E-state index contributed by atoms with van der Waals surface area (Å²) in [5, 5.41) is 1.22. The lowest BCUT2D eigenvalue weighted by atomic mass is 9.90. The van der Waals surface area contributed by atoms with Gasteiger partial charge in [-0.05, 0) is 30.7 Å². The zero-order chi connectivity index (χ0) is 16.3. The fourth-order valence-electron chi connectivity index (χ4n) is 2.80. The number of rotatable bonds is 5. The molecule has 1 heterocycles. The van der Waals surface area contributed by atoms with Gasteiger partial charge in [-0.3, -0.25) is 4.98 Å². The largest absolute Gasteiger partial charge is 0.462 e. The Morgan fingerprint density at radius 1 is 1.32 bits per heavy atom. The van der Waals surface area contributed by atoms with Gasteiger partial charge in [0.1, 0.15) is 0 Å². The molecule has 3 nitrogen and oxygen atoms in total. The number of aromatic nitrogens is 1. The summed E-state index contributed by atoms with van der Waals surface area (Å²) in [6.07, 6.45) is 2.60. The lowest BCUT2D eigenvalue weighted by molar-refractivity contribution is 0.0526. The Labute approximate surface area is 136 Å². The van der Waals surface area contributed by atoms with Gasteiger partial charge < -0.3 is 4.74 Å². The molecule has 1 atom stereocenters. The quantitative estimate of drug-likeness (QED) is 0.710. The number of hydrogen-bond donors (Lipinski definition) is 0. The van der Waals surface area contributed by atoms with Crippen molar-refractivity contribution < 1.29 is 9.53 Å². The molecular weight excluding hydrogens is 298 g/mol. The van der Waals surface area contributed by atoms with Crippen LogP contribution >= 0.6 is 11.6 Å². The molecule has 2 rings (SSSR count). The predicted molar refractivity (Wildman–Crippen MR) is 90.6 cm³/mol. The van der Waals surface area contributed by atoms with Crippen molar-refractivity contribution in [2.75, 3.05) is 6.61 Å². The lowest BCUT2D eigenvalue weighted by Gasteiger charge is -2.17. The maximum absolute atomic E-state index is 11.9. The Morgan fingerprint density at radius 2 is 2.05 bits per heavy atom. The Balaban J connectivity index is 2.51. The predicted octanol–water partition coefficient (Wildman–Crippen LogP) is 5.21. The van der Waals surface area contributed by atoms with E-state index in [1.165, 1.54) is 11.8 Å². The molecular formula is C18H22ClNO2. The highest BCUT2D eigenvalue weighted by atomic mass is 35.5. The lowest BCUT2D eigenvalue weighted by Crippen LogP contribution is -2.07. The van der Waals surface area contributed by atoms with Crippen LogP contribution in [-0.4, -0.2) is 17.6 Å². The van der Waals surface area contributed by atoms with Crippen molar-refractivity contribution in [3.8, 4) is 0 Å². The van der Waals surface area contributed by atoms with Crippen LogP contribution < -0.4 is 0 Å². The first-order valence-electron chi connectivity index (χ1n) is 7.69. The summed E-state index contributed by atoms with van der Waals surface area (Å²) in [6.45, 7) is 8.70. The Bertz CT molecular complexity index is 682. The van der Waals surface area contributed by atoms with Crippen LogP contribution in [0.5, 0.6) is 0 Å². The Morgan fingerprint density at radius 3 is 2.68 bits per heavy atom. The molecule has 0 aliphatic carbocycles. The fraction of sp³-hybridized carbons (Fsp3) is 0.444. The van der Waals surface area contributed by atoms with Gasteiger partial charge in [0.05, 0.1) is 22.7 Å². The summed E-state index contributed by atoms with van der Waals surface area (Å²) >= 11 is 6.41. The molecule has 4 heteroatoms. The van der Waals surface area contributed by atoms with Crippen LogP contribution in [0, 0.1) is 5.92 Å². The number of hydrogen-bond acceptors (Lipinski definition) is 3. The van der Waals surface area contributed by atoms with Crippen molar-refractivity contribution in [1.29, 1.82) is 0 Å². The zero-order valence-corrected chi connectivity index (χ0v) is 14.3. The maximum Gasteiger partial charge on any atom is 0.341 e. The van der Waals surface area contributed by atoms with Gasteiger partial charge in [-0.2, -0.15) is 0 Å². The monoisotopic (exact) mass is 319 g/mol. The third-order valence-electron chi connectivity index (χ3n) is 3.71. The van der Waals surface area contributed by atoms with Gasteiger partial charge >= 0.3 is 5.97 Å². The van der Waals surface area contributed by atoms with Crippen LogP contribution in [-0.2, 0) is 4.74 Å². The van der Waals surface area contributed by atoms with Crippen molar-refractivity contribution in [3.05, 3.63) is 40.5 Å². The molecule has 2 aromatic rings. The maximum atomic E-state index is 11.9. The second-order valence-electron chi connectivity index (χ2n) is 5.98. The Kier molecular flexibility index (Phi) is 5.41. The number of ether oxygens (including phenoxy) is 1. The molecule has 0 spiro atoms. The van der Waals surface area contributed by atoms with E-state index in [2.05, 4.69) is 31.8 Å². The summed E-state index contributed by atoms with van der Waals surface area (Å²) < 4.78 is 5.02. The van der Waals surface area contributed by atoms with Crippen molar-refractivity contribution >= 4 is 28.5 Å². The first-order chi connectivity index (χ1) is 10.5. The van der Waals surface area contributed by atoms with Gasteiger partial charge in [0.25, 0.3) is 0 Å². The molecule has 0 aliphatic rings. The SMILES string of the molecule is CCOC(=O)c1cnc2c(C(C)CC(C)C)cccc2c1Cl. The van der Waals surface area contributed by atoms with Crippen molar-refractivity contribution in [2.45, 2.75) is 40.0 Å². The number of benzene rings is 1.